The maximum atomic E-state index is 9.71. The van der Waals surface area contributed by atoms with Gasteiger partial charge in [0.2, 0.25) is 0 Å². The molecule has 0 saturated carbocycles. The maximum Gasteiger partial charge on any atom is 0.179 e. The van der Waals surface area contributed by atoms with E-state index >= 15 is 0 Å². The molecule has 3 N–H and O–H groups in total. The van der Waals surface area contributed by atoms with Crippen LogP contribution in [0.2, 0.25) is 0 Å². The molecule has 19 heavy (non-hydrogen) atoms. The summed E-state index contributed by atoms with van der Waals surface area (Å²) in [6, 6.07) is 11.8. The summed E-state index contributed by atoms with van der Waals surface area (Å²) in [5, 5.41) is 20.9. The molecule has 1 heterocycles. The normalized spacial score (nSPS) is 22.6. The molecule has 0 aromatic heterocycles. The van der Waals surface area contributed by atoms with E-state index in [2.05, 4.69) is 12.3 Å². The van der Waals surface area contributed by atoms with Gasteiger partial charge < -0.3 is 15.7 Å². The Balaban J connectivity index is 2.04. The molecule has 1 aliphatic rings. The first-order valence-corrected chi connectivity index (χ1v) is 6.31. The monoisotopic (exact) mass is 253 g/mol. The molecule has 1 saturated heterocycles. The largest absolute Gasteiger partial charge is 0.398 e. The van der Waals surface area contributed by atoms with Gasteiger partial charge in [-0.3, -0.25) is 0 Å². The first-order valence-electron chi connectivity index (χ1n) is 6.31. The van der Waals surface area contributed by atoms with Crippen molar-refractivity contribution < 1.29 is 5.11 Å². The number of nitrogens with zero attached hydrogens (tertiary/aromatic N) is 2. The lowest BCUT2D eigenvalue weighted by molar-refractivity contribution is 0.186. The highest BCUT2D eigenvalue weighted by Gasteiger charge is 2.31. The standard InChI is InChI=1S/C15H15N3O/c16-9-18-8-12(19)7-15(18)11-4-5-13-10(6-11)2-1-3-14(13)17/h1-6,12,15,19H,7-8,17H2/t12-,15+/m0/s1. The van der Waals surface area contributed by atoms with Gasteiger partial charge in [0.25, 0.3) is 0 Å². The summed E-state index contributed by atoms with van der Waals surface area (Å²) in [4.78, 5) is 1.64. The second kappa shape index (κ2) is 4.45. The highest BCUT2D eigenvalue weighted by molar-refractivity contribution is 5.93. The predicted octanol–water partition coefficient (Wildman–Crippen LogP) is 2.01. The summed E-state index contributed by atoms with van der Waals surface area (Å²) < 4.78 is 0. The van der Waals surface area contributed by atoms with Gasteiger partial charge in [-0.05, 0) is 23.1 Å². The SMILES string of the molecule is N#CN1C[C@@H](O)C[C@@H]1c1ccc2c(N)cccc2c1. The fourth-order valence-electron chi connectivity index (χ4n) is 2.77. The average molecular weight is 253 g/mol. The molecular weight excluding hydrogens is 238 g/mol. The number of anilines is 1. The van der Waals surface area contributed by atoms with Crippen molar-refractivity contribution >= 4 is 16.5 Å². The van der Waals surface area contributed by atoms with E-state index in [1.165, 1.54) is 0 Å². The lowest BCUT2D eigenvalue weighted by Gasteiger charge is -2.18. The van der Waals surface area contributed by atoms with E-state index in [9.17, 15) is 5.11 Å². The Morgan fingerprint density at radius 1 is 1.32 bits per heavy atom. The first-order chi connectivity index (χ1) is 9.19. The zero-order valence-electron chi connectivity index (χ0n) is 10.5. The number of hydrogen-bond acceptors (Lipinski definition) is 4. The summed E-state index contributed by atoms with van der Waals surface area (Å²) in [7, 11) is 0. The fraction of sp³-hybridized carbons (Fsp3) is 0.267. The van der Waals surface area contributed by atoms with Crippen LogP contribution in [0, 0.1) is 11.5 Å². The summed E-state index contributed by atoms with van der Waals surface area (Å²) in [5.41, 5.74) is 7.74. The van der Waals surface area contributed by atoms with Gasteiger partial charge in [0, 0.05) is 17.5 Å². The second-order valence-electron chi connectivity index (χ2n) is 4.99. The average Bonchev–Trinajstić information content (AvgIpc) is 2.80. The molecule has 2 aromatic carbocycles. The van der Waals surface area contributed by atoms with E-state index < -0.39 is 6.10 Å². The summed E-state index contributed by atoms with van der Waals surface area (Å²) in [5.74, 6) is 0. The number of fused-ring (bicyclic) bond motifs is 1. The molecule has 2 aromatic rings. The molecule has 0 spiro atoms. The summed E-state index contributed by atoms with van der Waals surface area (Å²) in [6.07, 6.45) is 2.32. The Kier molecular flexibility index (Phi) is 2.77. The van der Waals surface area contributed by atoms with Crippen LogP contribution in [0.1, 0.15) is 18.0 Å². The molecule has 0 unspecified atom stereocenters. The number of aliphatic hydroxyl groups is 1. The van der Waals surface area contributed by atoms with Crippen LogP contribution < -0.4 is 5.73 Å². The third-order valence-corrected chi connectivity index (χ3v) is 3.73. The highest BCUT2D eigenvalue weighted by Crippen LogP contribution is 2.33. The third kappa shape index (κ3) is 1.98. The molecule has 0 amide bonds. The van der Waals surface area contributed by atoms with Gasteiger partial charge in [0.1, 0.15) is 0 Å². The van der Waals surface area contributed by atoms with Crippen molar-refractivity contribution in [3.63, 3.8) is 0 Å². The molecule has 0 radical (unpaired) electrons. The van der Waals surface area contributed by atoms with Crippen molar-refractivity contribution in [1.82, 2.24) is 4.90 Å². The molecule has 2 atom stereocenters. The van der Waals surface area contributed by atoms with Gasteiger partial charge in [-0.15, -0.1) is 0 Å². The van der Waals surface area contributed by atoms with Gasteiger partial charge in [0.05, 0.1) is 18.7 Å². The molecule has 3 rings (SSSR count). The zero-order chi connectivity index (χ0) is 13.4. The zero-order valence-corrected chi connectivity index (χ0v) is 10.5. The predicted molar refractivity (Wildman–Crippen MR) is 74.0 cm³/mol. The van der Waals surface area contributed by atoms with Crippen LogP contribution >= 0.6 is 0 Å². The van der Waals surface area contributed by atoms with Crippen LogP contribution in [0.3, 0.4) is 0 Å². The number of aliphatic hydroxyl groups excluding tert-OH is 1. The molecule has 0 aliphatic carbocycles. The number of hydrogen-bond donors (Lipinski definition) is 2. The van der Waals surface area contributed by atoms with Crippen molar-refractivity contribution in [3.8, 4) is 6.19 Å². The minimum atomic E-state index is -0.429. The van der Waals surface area contributed by atoms with Gasteiger partial charge in [0.15, 0.2) is 6.19 Å². The van der Waals surface area contributed by atoms with E-state index in [0.29, 0.717) is 13.0 Å². The molecule has 4 heteroatoms. The van der Waals surface area contributed by atoms with E-state index in [4.69, 9.17) is 11.0 Å². The number of likely N-dealkylation sites (tertiary alicyclic amines) is 1. The number of nitriles is 1. The topological polar surface area (TPSA) is 73.3 Å². The minimum Gasteiger partial charge on any atom is -0.398 e. The molecule has 0 bridgehead atoms. The molecular formula is C15H15N3O. The number of nitrogens with two attached hydrogens (primary N) is 1. The van der Waals surface area contributed by atoms with Crippen molar-refractivity contribution in [2.75, 3.05) is 12.3 Å². The summed E-state index contributed by atoms with van der Waals surface area (Å²) >= 11 is 0. The van der Waals surface area contributed by atoms with Gasteiger partial charge >= 0.3 is 0 Å². The van der Waals surface area contributed by atoms with Crippen LogP contribution in [0.5, 0.6) is 0 Å². The van der Waals surface area contributed by atoms with Crippen LogP contribution in [-0.2, 0) is 0 Å². The Bertz CT molecular complexity index is 662. The smallest absolute Gasteiger partial charge is 0.179 e. The quantitative estimate of drug-likeness (QED) is 0.602. The number of rotatable bonds is 1. The van der Waals surface area contributed by atoms with Crippen molar-refractivity contribution in [1.29, 1.82) is 5.26 Å². The Labute approximate surface area is 111 Å². The van der Waals surface area contributed by atoms with E-state index in [1.54, 1.807) is 4.90 Å². The van der Waals surface area contributed by atoms with Crippen molar-refractivity contribution in [2.45, 2.75) is 18.6 Å². The number of nitrogen functional groups attached to an aromatic ring is 1. The van der Waals surface area contributed by atoms with E-state index in [-0.39, 0.29) is 6.04 Å². The Hall–Kier alpha value is -2.25. The Morgan fingerprint density at radius 2 is 2.16 bits per heavy atom. The van der Waals surface area contributed by atoms with Crippen LogP contribution in [-0.4, -0.2) is 22.7 Å². The van der Waals surface area contributed by atoms with Crippen LogP contribution in [0.15, 0.2) is 36.4 Å². The minimum absolute atomic E-state index is 0.0363. The van der Waals surface area contributed by atoms with E-state index in [0.717, 1.165) is 22.0 Å². The molecule has 1 fully saturated rings. The van der Waals surface area contributed by atoms with Gasteiger partial charge in [-0.25, -0.2) is 0 Å². The first kappa shape index (κ1) is 11.8. The van der Waals surface area contributed by atoms with Crippen LogP contribution in [0.25, 0.3) is 10.8 Å². The lowest BCUT2D eigenvalue weighted by Crippen LogP contribution is -2.18. The van der Waals surface area contributed by atoms with Crippen molar-refractivity contribution in [2.24, 2.45) is 0 Å². The molecule has 96 valence electrons. The second-order valence-corrected chi connectivity index (χ2v) is 4.99. The van der Waals surface area contributed by atoms with E-state index in [1.807, 2.05) is 30.3 Å². The maximum absolute atomic E-state index is 9.71. The third-order valence-electron chi connectivity index (χ3n) is 3.73. The van der Waals surface area contributed by atoms with Gasteiger partial charge in [-0.1, -0.05) is 24.3 Å². The number of benzene rings is 2. The molecule has 1 aliphatic heterocycles. The fourth-order valence-corrected chi connectivity index (χ4v) is 2.77. The summed E-state index contributed by atoms with van der Waals surface area (Å²) in [6.45, 7) is 0.413. The van der Waals surface area contributed by atoms with Crippen LogP contribution in [0.4, 0.5) is 5.69 Å². The molecule has 4 nitrogen and oxygen atoms in total. The Morgan fingerprint density at radius 3 is 2.95 bits per heavy atom. The highest BCUT2D eigenvalue weighted by atomic mass is 16.3. The van der Waals surface area contributed by atoms with Gasteiger partial charge in [-0.2, -0.15) is 5.26 Å². The lowest BCUT2D eigenvalue weighted by atomic mass is 9.99. The number of β-amino-alcohol motifs (C(OH)–C–C–N with tert-alkyl or cyclic N) is 1. The van der Waals surface area contributed by atoms with Crippen molar-refractivity contribution in [3.05, 3.63) is 42.0 Å².